The second-order valence-corrected chi connectivity index (χ2v) is 4.40. The van der Waals surface area contributed by atoms with Crippen LogP contribution in [-0.4, -0.2) is 29.2 Å². The van der Waals surface area contributed by atoms with Gasteiger partial charge in [-0.2, -0.15) is 0 Å². The van der Waals surface area contributed by atoms with Crippen molar-refractivity contribution in [1.29, 1.82) is 0 Å². The van der Waals surface area contributed by atoms with Crippen LogP contribution >= 0.6 is 11.6 Å². The molecule has 1 saturated heterocycles. The van der Waals surface area contributed by atoms with E-state index in [1.165, 1.54) is 0 Å². The largest absolute Gasteiger partial charge is 0.370 e. The Hall–Kier alpha value is -0.710. The summed E-state index contributed by atoms with van der Waals surface area (Å²) in [6.45, 7) is 4.41. The summed E-state index contributed by atoms with van der Waals surface area (Å²) >= 11 is 5.85. The first-order valence-corrected chi connectivity index (χ1v) is 5.94. The van der Waals surface area contributed by atoms with Crippen LogP contribution in [0.15, 0.2) is 6.07 Å². The maximum absolute atomic E-state index is 5.85. The van der Waals surface area contributed by atoms with Crippen LogP contribution in [-0.2, 0) is 11.3 Å². The topological polar surface area (TPSA) is 47.0 Å². The van der Waals surface area contributed by atoms with Crippen LogP contribution in [0.25, 0.3) is 0 Å². The van der Waals surface area contributed by atoms with Gasteiger partial charge < -0.3 is 10.1 Å². The first kappa shape index (κ1) is 11.8. The van der Waals surface area contributed by atoms with Crippen LogP contribution in [0.3, 0.4) is 0 Å². The molecule has 0 amide bonds. The average Bonchev–Trinajstić information content (AvgIpc) is 2.27. The van der Waals surface area contributed by atoms with Crippen molar-refractivity contribution >= 4 is 11.6 Å². The molecule has 0 bridgehead atoms. The van der Waals surface area contributed by atoms with Gasteiger partial charge in [0.25, 0.3) is 0 Å². The molecular formula is C11H16ClN3O. The fraction of sp³-hybridized carbons (Fsp3) is 0.636. The Bertz CT molecular complexity index is 333. The van der Waals surface area contributed by atoms with Crippen LogP contribution < -0.4 is 5.32 Å². The molecule has 1 N–H and O–H groups in total. The third kappa shape index (κ3) is 3.40. The van der Waals surface area contributed by atoms with Gasteiger partial charge >= 0.3 is 0 Å². The van der Waals surface area contributed by atoms with Gasteiger partial charge in [0.1, 0.15) is 11.8 Å². The summed E-state index contributed by atoms with van der Waals surface area (Å²) in [7, 11) is 0. The van der Waals surface area contributed by atoms with E-state index >= 15 is 0 Å². The lowest BCUT2D eigenvalue weighted by Gasteiger charge is -2.22. The summed E-state index contributed by atoms with van der Waals surface area (Å²) in [5, 5.41) is 3.78. The van der Waals surface area contributed by atoms with Crippen molar-refractivity contribution < 1.29 is 4.74 Å². The molecule has 0 aliphatic carbocycles. The smallest absolute Gasteiger partial charge is 0.155 e. The van der Waals surface area contributed by atoms with E-state index in [-0.39, 0.29) is 0 Å². The molecule has 1 aliphatic rings. The van der Waals surface area contributed by atoms with E-state index < -0.39 is 0 Å². The van der Waals surface area contributed by atoms with E-state index in [1.54, 1.807) is 6.07 Å². The molecule has 16 heavy (non-hydrogen) atoms. The minimum Gasteiger partial charge on any atom is -0.370 e. The molecule has 1 fully saturated rings. The van der Waals surface area contributed by atoms with Crippen molar-refractivity contribution in [2.45, 2.75) is 32.5 Å². The Morgan fingerprint density at radius 3 is 2.88 bits per heavy atom. The molecule has 0 aromatic carbocycles. The number of nitrogens with one attached hydrogen (secondary N) is 1. The van der Waals surface area contributed by atoms with Crippen LogP contribution in [0.5, 0.6) is 0 Å². The van der Waals surface area contributed by atoms with Crippen LogP contribution in [0.2, 0.25) is 5.15 Å². The highest BCUT2D eigenvalue weighted by atomic mass is 35.5. The second-order valence-electron chi connectivity index (χ2n) is 4.01. The van der Waals surface area contributed by atoms with E-state index in [0.29, 0.717) is 23.7 Å². The second kappa shape index (κ2) is 5.57. The third-order valence-electron chi connectivity index (χ3n) is 2.60. The maximum Gasteiger partial charge on any atom is 0.155 e. The highest BCUT2D eigenvalue weighted by molar-refractivity contribution is 6.29. The SMILES string of the molecule is Cc1cc(Cl)nc(COC2CCNCC2)n1. The Morgan fingerprint density at radius 2 is 2.19 bits per heavy atom. The van der Waals surface area contributed by atoms with Crippen molar-refractivity contribution in [3.63, 3.8) is 0 Å². The van der Waals surface area contributed by atoms with Gasteiger partial charge in [-0.25, -0.2) is 9.97 Å². The minimum absolute atomic E-state index is 0.323. The minimum atomic E-state index is 0.323. The van der Waals surface area contributed by atoms with Gasteiger partial charge in [0.2, 0.25) is 0 Å². The van der Waals surface area contributed by atoms with E-state index in [9.17, 15) is 0 Å². The molecule has 88 valence electrons. The Kier molecular flexibility index (Phi) is 4.09. The number of hydrogen-bond donors (Lipinski definition) is 1. The molecule has 2 heterocycles. The highest BCUT2D eigenvalue weighted by Crippen LogP contribution is 2.11. The number of nitrogens with zero attached hydrogens (tertiary/aromatic N) is 2. The number of rotatable bonds is 3. The van der Waals surface area contributed by atoms with Crippen molar-refractivity contribution in [1.82, 2.24) is 15.3 Å². The van der Waals surface area contributed by atoms with Crippen molar-refractivity contribution in [3.05, 3.63) is 22.7 Å². The summed E-state index contributed by atoms with van der Waals surface area (Å²) in [5.41, 5.74) is 0.879. The zero-order chi connectivity index (χ0) is 11.4. The first-order chi connectivity index (χ1) is 7.74. The number of piperidine rings is 1. The summed E-state index contributed by atoms with van der Waals surface area (Å²) in [5.74, 6) is 0.670. The van der Waals surface area contributed by atoms with Gasteiger partial charge in [0.15, 0.2) is 5.82 Å². The van der Waals surface area contributed by atoms with Gasteiger partial charge in [-0.3, -0.25) is 0 Å². The first-order valence-electron chi connectivity index (χ1n) is 5.56. The van der Waals surface area contributed by atoms with Crippen LogP contribution in [0, 0.1) is 6.92 Å². The Balaban J connectivity index is 1.88. The monoisotopic (exact) mass is 241 g/mol. The molecule has 0 spiro atoms. The fourth-order valence-electron chi connectivity index (χ4n) is 1.81. The van der Waals surface area contributed by atoms with Crippen molar-refractivity contribution in [2.24, 2.45) is 0 Å². The predicted molar refractivity (Wildman–Crippen MR) is 62.5 cm³/mol. The van der Waals surface area contributed by atoms with Gasteiger partial charge in [0.05, 0.1) is 6.10 Å². The lowest BCUT2D eigenvalue weighted by molar-refractivity contribution is 0.0177. The molecular weight excluding hydrogens is 226 g/mol. The summed E-state index contributed by atoms with van der Waals surface area (Å²) < 4.78 is 5.76. The van der Waals surface area contributed by atoms with E-state index in [1.807, 2.05) is 6.92 Å². The van der Waals surface area contributed by atoms with Crippen LogP contribution in [0.4, 0.5) is 0 Å². The Labute approximate surface area is 100 Å². The molecule has 0 unspecified atom stereocenters. The number of halogens is 1. The fourth-order valence-corrected chi connectivity index (χ4v) is 2.06. The lowest BCUT2D eigenvalue weighted by atomic mass is 10.1. The molecule has 1 aromatic rings. The molecule has 1 aromatic heterocycles. The summed E-state index contributed by atoms with van der Waals surface area (Å²) in [6.07, 6.45) is 2.43. The van der Waals surface area contributed by atoms with E-state index in [2.05, 4.69) is 15.3 Å². The van der Waals surface area contributed by atoms with Crippen molar-refractivity contribution in [3.8, 4) is 0 Å². The van der Waals surface area contributed by atoms with Gasteiger partial charge in [-0.1, -0.05) is 11.6 Å². The summed E-state index contributed by atoms with van der Waals surface area (Å²) in [6, 6.07) is 1.75. The van der Waals surface area contributed by atoms with Crippen molar-refractivity contribution in [2.75, 3.05) is 13.1 Å². The molecule has 1 aliphatic heterocycles. The van der Waals surface area contributed by atoms with Gasteiger partial charge in [-0.05, 0) is 38.9 Å². The standard InChI is InChI=1S/C11H16ClN3O/c1-8-6-10(12)15-11(14-8)7-16-9-2-4-13-5-3-9/h6,9,13H,2-5,7H2,1H3. The number of aryl methyl sites for hydroxylation is 1. The van der Waals surface area contributed by atoms with Gasteiger partial charge in [0, 0.05) is 5.69 Å². The summed E-state index contributed by atoms with van der Waals surface area (Å²) in [4.78, 5) is 8.41. The van der Waals surface area contributed by atoms with E-state index in [0.717, 1.165) is 31.6 Å². The number of aromatic nitrogens is 2. The lowest BCUT2D eigenvalue weighted by Crippen LogP contribution is -2.32. The maximum atomic E-state index is 5.85. The van der Waals surface area contributed by atoms with Gasteiger partial charge in [-0.15, -0.1) is 0 Å². The molecule has 0 radical (unpaired) electrons. The molecule has 0 atom stereocenters. The third-order valence-corrected chi connectivity index (χ3v) is 2.80. The number of ether oxygens (including phenoxy) is 1. The number of hydrogen-bond acceptors (Lipinski definition) is 4. The van der Waals surface area contributed by atoms with Crippen LogP contribution in [0.1, 0.15) is 24.4 Å². The average molecular weight is 242 g/mol. The normalized spacial score (nSPS) is 17.6. The zero-order valence-electron chi connectivity index (χ0n) is 9.37. The highest BCUT2D eigenvalue weighted by Gasteiger charge is 2.13. The Morgan fingerprint density at radius 1 is 1.44 bits per heavy atom. The molecule has 2 rings (SSSR count). The molecule has 0 saturated carbocycles. The molecule has 4 nitrogen and oxygen atoms in total. The van der Waals surface area contributed by atoms with E-state index in [4.69, 9.17) is 16.3 Å². The molecule has 5 heteroatoms. The quantitative estimate of drug-likeness (QED) is 0.819. The zero-order valence-corrected chi connectivity index (χ0v) is 10.1. The predicted octanol–water partition coefficient (Wildman–Crippen LogP) is 1.71.